The minimum Gasteiger partial charge on any atom is -0.481 e. The van der Waals surface area contributed by atoms with Crippen LogP contribution in [0.25, 0.3) is 0 Å². The number of aliphatic carboxylic acids is 1. The van der Waals surface area contributed by atoms with E-state index in [0.717, 1.165) is 19.6 Å². The van der Waals surface area contributed by atoms with Crippen molar-refractivity contribution < 1.29 is 9.90 Å². The third-order valence-corrected chi connectivity index (χ3v) is 3.71. The number of rotatable bonds is 4. The highest BCUT2D eigenvalue weighted by atomic mass is 16.4. The van der Waals surface area contributed by atoms with Gasteiger partial charge in [0, 0.05) is 31.7 Å². The second kappa shape index (κ2) is 6.17. The van der Waals surface area contributed by atoms with E-state index in [-0.39, 0.29) is 12.5 Å². The summed E-state index contributed by atoms with van der Waals surface area (Å²) in [4.78, 5) is 13.1. The average Bonchev–Trinajstić information content (AvgIpc) is 2.35. The zero-order valence-corrected chi connectivity index (χ0v) is 11.6. The Bertz CT molecular complexity index is 430. The van der Waals surface area contributed by atoms with Gasteiger partial charge in [-0.1, -0.05) is 29.8 Å². The van der Waals surface area contributed by atoms with Crippen LogP contribution >= 0.6 is 0 Å². The first kappa shape index (κ1) is 14.0. The maximum atomic E-state index is 10.8. The molecule has 4 nitrogen and oxygen atoms in total. The predicted molar refractivity (Wildman–Crippen MR) is 75.1 cm³/mol. The van der Waals surface area contributed by atoms with Crippen molar-refractivity contribution in [1.82, 2.24) is 10.2 Å². The number of nitrogens with zero attached hydrogens (tertiary/aromatic N) is 1. The SMILES string of the molecule is Cc1ccc(CN2CC(CC(=O)O)NCC2C)cc1. The molecule has 1 aliphatic rings. The van der Waals surface area contributed by atoms with E-state index in [9.17, 15) is 4.79 Å². The van der Waals surface area contributed by atoms with Crippen molar-refractivity contribution >= 4 is 5.97 Å². The molecule has 1 aliphatic heterocycles. The van der Waals surface area contributed by atoms with E-state index in [1.165, 1.54) is 11.1 Å². The van der Waals surface area contributed by atoms with E-state index < -0.39 is 5.97 Å². The number of carboxylic acids is 1. The summed E-state index contributed by atoms with van der Waals surface area (Å²) in [5.41, 5.74) is 2.55. The molecule has 0 aliphatic carbocycles. The highest BCUT2D eigenvalue weighted by Crippen LogP contribution is 2.14. The molecule has 0 spiro atoms. The van der Waals surface area contributed by atoms with Gasteiger partial charge in [-0.3, -0.25) is 9.69 Å². The summed E-state index contributed by atoms with van der Waals surface area (Å²) in [6, 6.07) is 9.03. The van der Waals surface area contributed by atoms with Gasteiger partial charge in [-0.2, -0.15) is 0 Å². The van der Waals surface area contributed by atoms with Crippen LogP contribution in [-0.4, -0.2) is 41.1 Å². The predicted octanol–water partition coefficient (Wildman–Crippen LogP) is 1.63. The lowest BCUT2D eigenvalue weighted by Crippen LogP contribution is -2.55. The van der Waals surface area contributed by atoms with Gasteiger partial charge in [0.15, 0.2) is 0 Å². The Morgan fingerprint density at radius 2 is 2.11 bits per heavy atom. The maximum absolute atomic E-state index is 10.8. The fourth-order valence-corrected chi connectivity index (χ4v) is 2.49. The molecule has 1 heterocycles. The molecular formula is C15H22N2O2. The molecule has 0 amide bonds. The molecule has 2 atom stereocenters. The average molecular weight is 262 g/mol. The van der Waals surface area contributed by atoms with Crippen LogP contribution in [0.1, 0.15) is 24.5 Å². The zero-order chi connectivity index (χ0) is 13.8. The molecule has 1 aromatic carbocycles. The summed E-state index contributed by atoms with van der Waals surface area (Å²) in [6.45, 7) is 6.79. The molecule has 104 valence electrons. The van der Waals surface area contributed by atoms with Gasteiger partial charge in [0.1, 0.15) is 0 Å². The molecule has 1 fully saturated rings. The third kappa shape index (κ3) is 4.04. The number of piperazine rings is 1. The maximum Gasteiger partial charge on any atom is 0.304 e. The smallest absolute Gasteiger partial charge is 0.304 e. The van der Waals surface area contributed by atoms with Gasteiger partial charge >= 0.3 is 5.97 Å². The van der Waals surface area contributed by atoms with Gasteiger partial charge in [-0.25, -0.2) is 0 Å². The van der Waals surface area contributed by atoms with E-state index >= 15 is 0 Å². The summed E-state index contributed by atoms with van der Waals surface area (Å²) in [6.07, 6.45) is 0.192. The number of benzene rings is 1. The van der Waals surface area contributed by atoms with Gasteiger partial charge < -0.3 is 10.4 Å². The standard InChI is InChI=1S/C15H22N2O2/c1-11-3-5-13(6-4-11)9-17-10-14(7-15(18)19)16-8-12(17)2/h3-6,12,14,16H,7-10H2,1-2H3,(H,18,19). The van der Waals surface area contributed by atoms with Gasteiger partial charge in [-0.05, 0) is 19.4 Å². The van der Waals surface area contributed by atoms with Gasteiger partial charge in [-0.15, -0.1) is 0 Å². The van der Waals surface area contributed by atoms with E-state index in [1.807, 2.05) is 0 Å². The number of hydrogen-bond acceptors (Lipinski definition) is 3. The van der Waals surface area contributed by atoms with Crippen molar-refractivity contribution in [2.24, 2.45) is 0 Å². The first-order chi connectivity index (χ1) is 9.04. The lowest BCUT2D eigenvalue weighted by Gasteiger charge is -2.38. The molecular weight excluding hydrogens is 240 g/mol. The van der Waals surface area contributed by atoms with E-state index in [2.05, 4.69) is 48.3 Å². The quantitative estimate of drug-likeness (QED) is 0.866. The van der Waals surface area contributed by atoms with Crippen LogP contribution < -0.4 is 5.32 Å². The Morgan fingerprint density at radius 1 is 1.42 bits per heavy atom. The highest BCUT2D eigenvalue weighted by Gasteiger charge is 2.26. The molecule has 0 bridgehead atoms. The number of hydrogen-bond donors (Lipinski definition) is 2. The molecule has 4 heteroatoms. The summed E-state index contributed by atoms with van der Waals surface area (Å²) in [7, 11) is 0. The van der Waals surface area contributed by atoms with Crippen molar-refractivity contribution in [1.29, 1.82) is 0 Å². The topological polar surface area (TPSA) is 52.6 Å². The molecule has 0 aromatic heterocycles. The van der Waals surface area contributed by atoms with Crippen molar-refractivity contribution in [3.8, 4) is 0 Å². The Labute approximate surface area is 114 Å². The summed E-state index contributed by atoms with van der Waals surface area (Å²) in [5.74, 6) is -0.734. The van der Waals surface area contributed by atoms with Gasteiger partial charge in [0.2, 0.25) is 0 Å². The Hall–Kier alpha value is -1.39. The van der Waals surface area contributed by atoms with E-state index in [0.29, 0.717) is 6.04 Å². The second-order valence-electron chi connectivity index (χ2n) is 5.47. The van der Waals surface area contributed by atoms with Crippen LogP contribution in [0.4, 0.5) is 0 Å². The van der Waals surface area contributed by atoms with E-state index in [4.69, 9.17) is 5.11 Å². The van der Waals surface area contributed by atoms with Crippen molar-refractivity contribution in [2.45, 2.75) is 38.9 Å². The number of carboxylic acid groups (broad SMARTS) is 1. The number of nitrogens with one attached hydrogen (secondary N) is 1. The van der Waals surface area contributed by atoms with Crippen molar-refractivity contribution in [3.63, 3.8) is 0 Å². The minimum absolute atomic E-state index is 0.0548. The van der Waals surface area contributed by atoms with Crippen molar-refractivity contribution in [3.05, 3.63) is 35.4 Å². The Balaban J connectivity index is 1.97. The van der Waals surface area contributed by atoms with Crippen LogP contribution in [-0.2, 0) is 11.3 Å². The molecule has 1 aromatic rings. The molecule has 0 saturated carbocycles. The summed E-state index contributed by atoms with van der Waals surface area (Å²) in [5, 5.41) is 12.2. The summed E-state index contributed by atoms with van der Waals surface area (Å²) >= 11 is 0. The van der Waals surface area contributed by atoms with E-state index in [1.54, 1.807) is 0 Å². The number of carbonyl (C=O) groups is 1. The normalized spacial score (nSPS) is 24.3. The van der Waals surface area contributed by atoms with Crippen LogP contribution in [0.3, 0.4) is 0 Å². The van der Waals surface area contributed by atoms with Crippen LogP contribution in [0, 0.1) is 6.92 Å². The van der Waals surface area contributed by atoms with Crippen molar-refractivity contribution in [2.75, 3.05) is 13.1 Å². The molecule has 19 heavy (non-hydrogen) atoms. The molecule has 0 radical (unpaired) electrons. The largest absolute Gasteiger partial charge is 0.481 e. The Morgan fingerprint density at radius 3 is 2.74 bits per heavy atom. The molecule has 2 unspecified atom stereocenters. The van der Waals surface area contributed by atoms with Gasteiger partial charge in [0.25, 0.3) is 0 Å². The number of aryl methyl sites for hydroxylation is 1. The second-order valence-corrected chi connectivity index (χ2v) is 5.47. The van der Waals surface area contributed by atoms with Crippen LogP contribution in [0.15, 0.2) is 24.3 Å². The molecule has 2 rings (SSSR count). The lowest BCUT2D eigenvalue weighted by atomic mass is 10.1. The first-order valence-electron chi connectivity index (χ1n) is 6.79. The fraction of sp³-hybridized carbons (Fsp3) is 0.533. The van der Waals surface area contributed by atoms with Crippen LogP contribution in [0.2, 0.25) is 0 Å². The lowest BCUT2D eigenvalue weighted by molar-refractivity contribution is -0.138. The monoisotopic (exact) mass is 262 g/mol. The minimum atomic E-state index is -0.734. The zero-order valence-electron chi connectivity index (χ0n) is 11.6. The summed E-state index contributed by atoms with van der Waals surface area (Å²) < 4.78 is 0. The first-order valence-corrected chi connectivity index (χ1v) is 6.79. The Kier molecular flexibility index (Phi) is 4.56. The van der Waals surface area contributed by atoms with Gasteiger partial charge in [0.05, 0.1) is 6.42 Å². The fourth-order valence-electron chi connectivity index (χ4n) is 2.49. The van der Waals surface area contributed by atoms with Crippen LogP contribution in [0.5, 0.6) is 0 Å². The highest BCUT2D eigenvalue weighted by molar-refractivity contribution is 5.67. The third-order valence-electron chi connectivity index (χ3n) is 3.71. The molecule has 2 N–H and O–H groups in total. The molecule has 1 saturated heterocycles.